The van der Waals surface area contributed by atoms with E-state index in [0.717, 1.165) is 0 Å². The lowest BCUT2D eigenvalue weighted by molar-refractivity contribution is -0.286. The van der Waals surface area contributed by atoms with Crippen molar-refractivity contribution in [2.75, 3.05) is 0 Å². The summed E-state index contributed by atoms with van der Waals surface area (Å²) < 4.78 is 12.5. The number of hydrogen-bond donors (Lipinski definition) is 3. The van der Waals surface area contributed by atoms with Gasteiger partial charge >= 0.3 is 5.97 Å². The largest absolute Gasteiger partial charge is 0.458 e. The number of esters is 1. The van der Waals surface area contributed by atoms with E-state index in [0.29, 0.717) is 12.0 Å². The molecule has 8 atom stereocenters. The van der Waals surface area contributed by atoms with Crippen molar-refractivity contribution >= 4 is 5.97 Å². The quantitative estimate of drug-likeness (QED) is 0.668. The van der Waals surface area contributed by atoms with Crippen molar-refractivity contribution in [1.29, 1.82) is 0 Å². The highest BCUT2D eigenvalue weighted by Crippen LogP contribution is 2.66. The molecule has 3 fully saturated rings. The number of ether oxygens (including phenoxy) is 2. The van der Waals surface area contributed by atoms with Crippen LogP contribution >= 0.6 is 0 Å². The minimum Gasteiger partial charge on any atom is -0.458 e. The fourth-order valence-electron chi connectivity index (χ4n) is 6.13. The molecule has 0 radical (unpaired) electrons. The molecule has 4 rings (SSSR count). The summed E-state index contributed by atoms with van der Waals surface area (Å²) in [6, 6.07) is 8.80. The third kappa shape index (κ3) is 2.45. The van der Waals surface area contributed by atoms with Crippen LogP contribution in [0.25, 0.3) is 0 Å². The average molecular weight is 390 g/mol. The van der Waals surface area contributed by atoms with Gasteiger partial charge in [0.05, 0.1) is 29.5 Å². The summed E-state index contributed by atoms with van der Waals surface area (Å²) >= 11 is 0. The van der Waals surface area contributed by atoms with Gasteiger partial charge in [-0.15, -0.1) is 0 Å². The minimum atomic E-state index is -1.10. The van der Waals surface area contributed by atoms with Crippen LogP contribution in [-0.2, 0) is 9.47 Å². The molecule has 3 N–H and O–H groups in total. The van der Waals surface area contributed by atoms with Gasteiger partial charge in [0.1, 0.15) is 11.7 Å². The zero-order valence-corrected chi connectivity index (χ0v) is 16.8. The van der Waals surface area contributed by atoms with Crippen LogP contribution in [0.1, 0.15) is 50.9 Å². The Morgan fingerprint density at radius 3 is 2.43 bits per heavy atom. The lowest BCUT2D eigenvalue weighted by Crippen LogP contribution is -2.72. The summed E-state index contributed by atoms with van der Waals surface area (Å²) in [6.45, 7) is 7.57. The normalized spacial score (nSPS) is 46.7. The van der Waals surface area contributed by atoms with Crippen LogP contribution in [0.5, 0.6) is 0 Å². The Balaban J connectivity index is 1.76. The monoisotopic (exact) mass is 390 g/mol. The van der Waals surface area contributed by atoms with Gasteiger partial charge in [0, 0.05) is 17.3 Å². The zero-order chi connectivity index (χ0) is 20.5. The molecule has 1 aromatic carbocycles. The first-order valence-electron chi connectivity index (χ1n) is 10.0. The standard InChI is InChI=1S/C22H30O6/c1-12-17(24)15(23)11-21(4)16(27-19(26)13-8-6-5-7-9-13)10-14-18(25)22(12,21)28-20(14,2)3/h5-9,12,14-18,23-25H,10-11H2,1-4H3/t12-,14-,15+,16+,17-,18+,21+,22-/m1/s1. The van der Waals surface area contributed by atoms with Crippen LogP contribution < -0.4 is 0 Å². The number of benzene rings is 1. The molecule has 28 heavy (non-hydrogen) atoms. The van der Waals surface area contributed by atoms with Crippen LogP contribution in [0.2, 0.25) is 0 Å². The number of fused-ring (bicyclic) bond motifs is 1. The Hall–Kier alpha value is -1.47. The maximum Gasteiger partial charge on any atom is 0.338 e. The van der Waals surface area contributed by atoms with Gasteiger partial charge in [-0.05, 0) is 38.8 Å². The number of aliphatic hydroxyl groups excluding tert-OH is 3. The van der Waals surface area contributed by atoms with Crippen molar-refractivity contribution in [1.82, 2.24) is 0 Å². The third-order valence-electron chi connectivity index (χ3n) is 7.69. The topological polar surface area (TPSA) is 96.2 Å². The third-order valence-corrected chi connectivity index (χ3v) is 7.69. The Kier molecular flexibility index (Phi) is 4.43. The van der Waals surface area contributed by atoms with Crippen LogP contribution in [0.3, 0.4) is 0 Å². The molecule has 2 saturated carbocycles. The van der Waals surface area contributed by atoms with E-state index in [-0.39, 0.29) is 12.3 Å². The van der Waals surface area contributed by atoms with E-state index in [2.05, 4.69) is 0 Å². The van der Waals surface area contributed by atoms with Crippen LogP contribution in [0.15, 0.2) is 30.3 Å². The highest BCUT2D eigenvalue weighted by Gasteiger charge is 2.76. The second kappa shape index (κ2) is 6.26. The summed E-state index contributed by atoms with van der Waals surface area (Å²) in [5.41, 5.74) is -2.10. The molecule has 2 bridgehead atoms. The molecule has 1 spiro atoms. The molecule has 1 heterocycles. The van der Waals surface area contributed by atoms with Crippen molar-refractivity contribution in [2.45, 2.75) is 76.2 Å². The fraction of sp³-hybridized carbons (Fsp3) is 0.682. The summed E-state index contributed by atoms with van der Waals surface area (Å²) in [6.07, 6.45) is -2.71. The first-order chi connectivity index (χ1) is 13.0. The summed E-state index contributed by atoms with van der Waals surface area (Å²) in [5, 5.41) is 32.4. The van der Waals surface area contributed by atoms with Gasteiger partial charge < -0.3 is 24.8 Å². The highest BCUT2D eigenvalue weighted by atomic mass is 16.6. The van der Waals surface area contributed by atoms with E-state index in [1.54, 1.807) is 31.2 Å². The van der Waals surface area contributed by atoms with Crippen LogP contribution in [0.4, 0.5) is 0 Å². The van der Waals surface area contributed by atoms with E-state index in [1.807, 2.05) is 26.8 Å². The van der Waals surface area contributed by atoms with Gasteiger partial charge in [0.15, 0.2) is 0 Å². The molecule has 0 unspecified atom stereocenters. The van der Waals surface area contributed by atoms with E-state index >= 15 is 0 Å². The first kappa shape index (κ1) is 19.8. The molecule has 0 amide bonds. The summed E-state index contributed by atoms with van der Waals surface area (Å²) in [7, 11) is 0. The second-order valence-corrected chi connectivity index (χ2v) is 9.51. The predicted molar refractivity (Wildman–Crippen MR) is 102 cm³/mol. The van der Waals surface area contributed by atoms with Crippen molar-refractivity contribution in [3.63, 3.8) is 0 Å². The van der Waals surface area contributed by atoms with Crippen LogP contribution in [-0.4, -0.2) is 56.9 Å². The Labute approximate surface area is 165 Å². The molecule has 1 saturated heterocycles. The average Bonchev–Trinajstić information content (AvgIpc) is 2.81. The van der Waals surface area contributed by atoms with Gasteiger partial charge in [0.25, 0.3) is 0 Å². The second-order valence-electron chi connectivity index (χ2n) is 9.51. The van der Waals surface area contributed by atoms with Crippen molar-refractivity contribution in [3.8, 4) is 0 Å². The van der Waals surface area contributed by atoms with Crippen molar-refractivity contribution in [3.05, 3.63) is 35.9 Å². The lowest BCUT2D eigenvalue weighted by Gasteiger charge is -2.61. The minimum absolute atomic E-state index is 0.186. The van der Waals surface area contributed by atoms with Gasteiger partial charge in [0.2, 0.25) is 0 Å². The van der Waals surface area contributed by atoms with E-state index in [9.17, 15) is 20.1 Å². The molecule has 6 heteroatoms. The Morgan fingerprint density at radius 2 is 1.79 bits per heavy atom. The highest BCUT2D eigenvalue weighted by molar-refractivity contribution is 5.89. The lowest BCUT2D eigenvalue weighted by atomic mass is 9.49. The molecule has 1 aliphatic heterocycles. The number of aliphatic hydroxyl groups is 3. The number of hydrogen-bond acceptors (Lipinski definition) is 6. The van der Waals surface area contributed by atoms with Crippen molar-refractivity contribution in [2.24, 2.45) is 17.3 Å². The maximum absolute atomic E-state index is 12.8. The number of rotatable bonds is 2. The predicted octanol–water partition coefficient (Wildman–Crippen LogP) is 1.91. The smallest absolute Gasteiger partial charge is 0.338 e. The van der Waals surface area contributed by atoms with Crippen LogP contribution in [0, 0.1) is 17.3 Å². The summed E-state index contributed by atoms with van der Waals surface area (Å²) in [5.74, 6) is -1.18. The first-order valence-corrected chi connectivity index (χ1v) is 10.0. The Morgan fingerprint density at radius 1 is 1.14 bits per heavy atom. The molecule has 6 nitrogen and oxygen atoms in total. The molecule has 3 aliphatic rings. The van der Waals surface area contributed by atoms with Gasteiger partial charge in [-0.3, -0.25) is 0 Å². The molecule has 154 valence electrons. The maximum atomic E-state index is 12.8. The van der Waals surface area contributed by atoms with Gasteiger partial charge in [-0.1, -0.05) is 32.0 Å². The number of carbonyl (C=O) groups excluding carboxylic acids is 1. The zero-order valence-electron chi connectivity index (χ0n) is 16.8. The number of carbonyl (C=O) groups is 1. The van der Waals surface area contributed by atoms with E-state index in [4.69, 9.17) is 9.47 Å². The Bertz CT molecular complexity index is 764. The van der Waals surface area contributed by atoms with E-state index in [1.165, 1.54) is 0 Å². The van der Waals surface area contributed by atoms with Crippen molar-refractivity contribution < 1.29 is 29.6 Å². The molecule has 1 aromatic rings. The fourth-order valence-corrected chi connectivity index (χ4v) is 6.13. The summed E-state index contributed by atoms with van der Waals surface area (Å²) in [4.78, 5) is 12.8. The molecule has 0 aromatic heterocycles. The SMILES string of the molecule is C[C@@H]1[C@@H](O)[C@@H](O)C[C@@]2(C)[C@@H](OC(=O)c3ccccc3)C[C@@H]3[C@H](O)[C@]12OC3(C)C. The molecule has 2 aliphatic carbocycles. The molecular formula is C22H30O6. The molecular weight excluding hydrogens is 360 g/mol. The van der Waals surface area contributed by atoms with Gasteiger partial charge in [-0.25, -0.2) is 4.79 Å². The van der Waals surface area contributed by atoms with Gasteiger partial charge in [-0.2, -0.15) is 0 Å². The van der Waals surface area contributed by atoms with E-state index < -0.39 is 52.9 Å².